The fraction of sp³-hybridized carbons (Fsp3) is 0.0500. The molecule has 0 fully saturated rings. The van der Waals surface area contributed by atoms with Gasteiger partial charge in [-0.15, -0.1) is 11.3 Å². The number of rotatable bonds is 3. The summed E-state index contributed by atoms with van der Waals surface area (Å²) in [6.07, 6.45) is 2.72. The summed E-state index contributed by atoms with van der Waals surface area (Å²) >= 11 is 1.47. The molecular formula is C20H15N3O3S. The Bertz CT molecular complexity index is 1230. The first-order valence-corrected chi connectivity index (χ1v) is 8.99. The van der Waals surface area contributed by atoms with Crippen molar-refractivity contribution in [1.29, 1.82) is 0 Å². The van der Waals surface area contributed by atoms with Crippen LogP contribution in [0.2, 0.25) is 0 Å². The molecule has 6 nitrogen and oxygen atoms in total. The van der Waals surface area contributed by atoms with Crippen molar-refractivity contribution in [1.82, 2.24) is 9.66 Å². The topological polar surface area (TPSA) is 87.7 Å². The molecule has 0 aliphatic rings. The lowest BCUT2D eigenvalue weighted by Crippen LogP contribution is -2.16. The standard InChI is InChI=1S/C20H15N3O3S/c1-12-17(13-5-3-2-4-6-13)18-19(27-12)21-11-23(20(18)26)22-10-14-7-8-15(24)9-16(14)25/h2-11,24-25H,1H3/b22-10+. The van der Waals surface area contributed by atoms with Gasteiger partial charge in [0.1, 0.15) is 22.7 Å². The molecule has 0 atom stereocenters. The zero-order valence-electron chi connectivity index (χ0n) is 14.3. The Morgan fingerprint density at radius 3 is 2.67 bits per heavy atom. The number of hydrogen-bond acceptors (Lipinski definition) is 6. The van der Waals surface area contributed by atoms with E-state index < -0.39 is 0 Å². The highest BCUT2D eigenvalue weighted by Crippen LogP contribution is 2.35. The number of nitrogens with zero attached hydrogens (tertiary/aromatic N) is 3. The van der Waals surface area contributed by atoms with Crippen LogP contribution in [0.4, 0.5) is 0 Å². The first-order chi connectivity index (χ1) is 13.0. The molecule has 134 valence electrons. The summed E-state index contributed by atoms with van der Waals surface area (Å²) in [7, 11) is 0. The molecule has 4 rings (SSSR count). The first kappa shape index (κ1) is 17.0. The maximum absolute atomic E-state index is 13.0. The molecule has 2 aromatic carbocycles. The lowest BCUT2D eigenvalue weighted by molar-refractivity contribution is 0.450. The van der Waals surface area contributed by atoms with Crippen molar-refractivity contribution in [3.63, 3.8) is 0 Å². The van der Waals surface area contributed by atoms with Crippen LogP contribution in [0.25, 0.3) is 21.3 Å². The van der Waals surface area contributed by atoms with Crippen LogP contribution < -0.4 is 5.56 Å². The Labute approximate surface area is 158 Å². The molecule has 0 saturated heterocycles. The fourth-order valence-electron chi connectivity index (χ4n) is 2.89. The maximum atomic E-state index is 13.0. The van der Waals surface area contributed by atoms with E-state index in [1.807, 2.05) is 37.3 Å². The van der Waals surface area contributed by atoms with E-state index in [1.54, 1.807) is 0 Å². The van der Waals surface area contributed by atoms with E-state index >= 15 is 0 Å². The van der Waals surface area contributed by atoms with Crippen LogP contribution in [0.1, 0.15) is 10.4 Å². The summed E-state index contributed by atoms with van der Waals surface area (Å²) < 4.78 is 1.15. The predicted molar refractivity (Wildman–Crippen MR) is 107 cm³/mol. The molecule has 2 heterocycles. The van der Waals surface area contributed by atoms with E-state index in [0.29, 0.717) is 15.8 Å². The average molecular weight is 377 g/mol. The smallest absolute Gasteiger partial charge is 0.283 e. The van der Waals surface area contributed by atoms with Crippen LogP contribution in [0.15, 0.2) is 64.8 Å². The van der Waals surface area contributed by atoms with Gasteiger partial charge in [-0.05, 0) is 24.6 Å². The Hall–Kier alpha value is -3.45. The summed E-state index contributed by atoms with van der Waals surface area (Å²) in [6, 6.07) is 13.9. The number of fused-ring (bicyclic) bond motifs is 1. The number of phenolic OH excluding ortho intramolecular Hbond substituents is 2. The van der Waals surface area contributed by atoms with Gasteiger partial charge in [0, 0.05) is 22.1 Å². The molecule has 2 aromatic heterocycles. The molecule has 0 amide bonds. The average Bonchev–Trinajstić information content (AvgIpc) is 3.00. The van der Waals surface area contributed by atoms with Crippen LogP contribution >= 0.6 is 11.3 Å². The van der Waals surface area contributed by atoms with Crippen molar-refractivity contribution in [2.45, 2.75) is 6.92 Å². The van der Waals surface area contributed by atoms with E-state index in [-0.39, 0.29) is 17.1 Å². The minimum Gasteiger partial charge on any atom is -0.508 e. The van der Waals surface area contributed by atoms with E-state index in [2.05, 4.69) is 10.1 Å². The second kappa shape index (κ2) is 6.69. The summed E-state index contributed by atoms with van der Waals surface area (Å²) in [5.41, 5.74) is 1.92. The second-order valence-corrected chi connectivity index (χ2v) is 7.16. The number of phenols is 2. The van der Waals surface area contributed by atoms with Gasteiger partial charge in [0.15, 0.2) is 0 Å². The van der Waals surface area contributed by atoms with E-state index in [1.165, 1.54) is 42.1 Å². The summed E-state index contributed by atoms with van der Waals surface area (Å²) in [4.78, 5) is 19.0. The van der Waals surface area contributed by atoms with Gasteiger partial charge in [-0.1, -0.05) is 30.3 Å². The number of aryl methyl sites for hydroxylation is 1. The minimum absolute atomic E-state index is 0.0499. The lowest BCUT2D eigenvalue weighted by atomic mass is 10.0. The highest BCUT2D eigenvalue weighted by molar-refractivity contribution is 7.19. The molecule has 0 unspecified atom stereocenters. The monoisotopic (exact) mass is 377 g/mol. The Balaban J connectivity index is 1.85. The molecule has 2 N–H and O–H groups in total. The van der Waals surface area contributed by atoms with Crippen molar-refractivity contribution in [2.24, 2.45) is 5.10 Å². The predicted octanol–water partition coefficient (Wildman–Crippen LogP) is 3.73. The van der Waals surface area contributed by atoms with Crippen LogP contribution in [0, 0.1) is 6.92 Å². The van der Waals surface area contributed by atoms with Crippen LogP contribution in [-0.2, 0) is 0 Å². The quantitative estimate of drug-likeness (QED) is 0.533. The molecular weight excluding hydrogens is 362 g/mol. The van der Waals surface area contributed by atoms with Crippen LogP contribution in [-0.4, -0.2) is 26.1 Å². The van der Waals surface area contributed by atoms with Gasteiger partial charge < -0.3 is 10.2 Å². The normalized spacial score (nSPS) is 11.4. The zero-order valence-corrected chi connectivity index (χ0v) is 15.1. The van der Waals surface area contributed by atoms with Gasteiger partial charge in [0.25, 0.3) is 5.56 Å². The Kier molecular flexibility index (Phi) is 4.21. The first-order valence-electron chi connectivity index (χ1n) is 8.17. The molecule has 4 aromatic rings. The molecule has 0 aliphatic heterocycles. The van der Waals surface area contributed by atoms with Crippen molar-refractivity contribution < 1.29 is 10.2 Å². The van der Waals surface area contributed by atoms with Crippen molar-refractivity contribution in [3.05, 3.63) is 75.7 Å². The number of thiophene rings is 1. The largest absolute Gasteiger partial charge is 0.508 e. The van der Waals surface area contributed by atoms with E-state index in [0.717, 1.165) is 20.7 Å². The van der Waals surface area contributed by atoms with Crippen LogP contribution in [0.3, 0.4) is 0 Å². The van der Waals surface area contributed by atoms with Gasteiger partial charge >= 0.3 is 0 Å². The molecule has 27 heavy (non-hydrogen) atoms. The number of hydrogen-bond donors (Lipinski definition) is 2. The van der Waals surface area contributed by atoms with E-state index in [9.17, 15) is 15.0 Å². The third-order valence-electron chi connectivity index (χ3n) is 4.17. The molecule has 0 bridgehead atoms. The molecule has 0 spiro atoms. The van der Waals surface area contributed by atoms with Crippen molar-refractivity contribution >= 4 is 27.8 Å². The summed E-state index contributed by atoms with van der Waals surface area (Å²) in [5, 5.41) is 23.9. The number of aromatic hydroxyl groups is 2. The SMILES string of the molecule is Cc1sc2ncn(/N=C/c3ccc(O)cc3O)c(=O)c2c1-c1ccccc1. The molecule has 0 saturated carbocycles. The van der Waals surface area contributed by atoms with Gasteiger partial charge in [0.2, 0.25) is 0 Å². The van der Waals surface area contributed by atoms with Crippen molar-refractivity contribution in [2.75, 3.05) is 0 Å². The van der Waals surface area contributed by atoms with Gasteiger partial charge in [-0.25, -0.2) is 4.98 Å². The zero-order chi connectivity index (χ0) is 19.0. The van der Waals surface area contributed by atoms with Gasteiger partial charge in [-0.3, -0.25) is 4.79 Å². The Morgan fingerprint density at radius 1 is 1.15 bits per heavy atom. The minimum atomic E-state index is -0.280. The molecule has 0 aliphatic carbocycles. The van der Waals surface area contributed by atoms with E-state index in [4.69, 9.17) is 0 Å². The van der Waals surface area contributed by atoms with Gasteiger partial charge in [0.05, 0.1) is 11.6 Å². The molecule has 0 radical (unpaired) electrons. The fourth-order valence-corrected chi connectivity index (χ4v) is 3.90. The highest BCUT2D eigenvalue weighted by atomic mass is 32.1. The summed E-state index contributed by atoms with van der Waals surface area (Å²) in [6.45, 7) is 1.97. The third kappa shape index (κ3) is 3.09. The second-order valence-electron chi connectivity index (χ2n) is 5.96. The van der Waals surface area contributed by atoms with Crippen molar-refractivity contribution in [3.8, 4) is 22.6 Å². The highest BCUT2D eigenvalue weighted by Gasteiger charge is 2.16. The van der Waals surface area contributed by atoms with Crippen LogP contribution in [0.5, 0.6) is 11.5 Å². The number of benzene rings is 2. The lowest BCUT2D eigenvalue weighted by Gasteiger charge is -2.03. The molecule has 7 heteroatoms. The Morgan fingerprint density at radius 2 is 1.93 bits per heavy atom. The third-order valence-corrected chi connectivity index (χ3v) is 5.18. The number of aromatic nitrogens is 2. The summed E-state index contributed by atoms with van der Waals surface area (Å²) in [5.74, 6) is -0.177. The maximum Gasteiger partial charge on any atom is 0.283 e. The van der Waals surface area contributed by atoms with Gasteiger partial charge in [-0.2, -0.15) is 9.78 Å².